The van der Waals surface area contributed by atoms with Crippen LogP contribution in [0.3, 0.4) is 0 Å². The van der Waals surface area contributed by atoms with Crippen molar-refractivity contribution in [1.82, 2.24) is 14.9 Å². The number of hydrogen-bond donors (Lipinski definition) is 1. The summed E-state index contributed by atoms with van der Waals surface area (Å²) in [6.07, 6.45) is 5.85. The molecule has 7 nitrogen and oxygen atoms in total. The van der Waals surface area contributed by atoms with Crippen molar-refractivity contribution in [2.24, 2.45) is 0 Å². The van der Waals surface area contributed by atoms with Crippen LogP contribution in [0.4, 0.5) is 5.82 Å². The Kier molecular flexibility index (Phi) is 5.86. The second kappa shape index (κ2) is 8.72. The predicted octanol–water partition coefficient (Wildman–Crippen LogP) is 2.89. The number of aryl methyl sites for hydroxylation is 1. The number of rotatable bonds is 6. The van der Waals surface area contributed by atoms with Crippen molar-refractivity contribution in [2.45, 2.75) is 39.3 Å². The SMILES string of the molecule is Cc1cc(/C=C(\C#N)C(=O)NCc2ccc(N3CCOCC3)nc2)c(C)n1C1CC1. The van der Waals surface area contributed by atoms with Crippen molar-refractivity contribution < 1.29 is 9.53 Å². The molecule has 0 spiro atoms. The molecule has 2 aromatic rings. The average Bonchev–Trinajstić information content (AvgIpc) is 3.56. The summed E-state index contributed by atoms with van der Waals surface area (Å²) in [5.74, 6) is 0.544. The summed E-state index contributed by atoms with van der Waals surface area (Å²) in [6, 6.07) is 8.58. The largest absolute Gasteiger partial charge is 0.378 e. The van der Waals surface area contributed by atoms with Crippen LogP contribution in [0.5, 0.6) is 0 Å². The first kappa shape index (κ1) is 20.2. The first-order chi connectivity index (χ1) is 14.6. The lowest BCUT2D eigenvalue weighted by Gasteiger charge is -2.27. The molecule has 0 atom stereocenters. The molecule has 30 heavy (non-hydrogen) atoms. The molecule has 1 saturated heterocycles. The van der Waals surface area contributed by atoms with Gasteiger partial charge in [-0.1, -0.05) is 6.07 Å². The fraction of sp³-hybridized carbons (Fsp3) is 0.435. The number of carbonyl (C=O) groups excluding carboxylic acids is 1. The Balaban J connectivity index is 1.39. The van der Waals surface area contributed by atoms with Gasteiger partial charge >= 0.3 is 0 Å². The molecule has 0 bridgehead atoms. The van der Waals surface area contributed by atoms with Crippen molar-refractivity contribution in [2.75, 3.05) is 31.2 Å². The lowest BCUT2D eigenvalue weighted by atomic mass is 10.1. The fourth-order valence-corrected chi connectivity index (χ4v) is 3.93. The smallest absolute Gasteiger partial charge is 0.262 e. The number of nitriles is 1. The van der Waals surface area contributed by atoms with Gasteiger partial charge in [0.2, 0.25) is 0 Å². The van der Waals surface area contributed by atoms with E-state index in [9.17, 15) is 10.1 Å². The van der Waals surface area contributed by atoms with Crippen LogP contribution in [0.1, 0.15) is 41.4 Å². The van der Waals surface area contributed by atoms with E-state index in [4.69, 9.17) is 4.74 Å². The lowest BCUT2D eigenvalue weighted by molar-refractivity contribution is -0.117. The topological polar surface area (TPSA) is 83.2 Å². The lowest BCUT2D eigenvalue weighted by Crippen LogP contribution is -2.36. The number of hydrogen-bond acceptors (Lipinski definition) is 5. The molecule has 1 N–H and O–H groups in total. The molecule has 2 fully saturated rings. The van der Waals surface area contributed by atoms with Gasteiger partial charge in [-0.2, -0.15) is 5.26 Å². The van der Waals surface area contributed by atoms with E-state index < -0.39 is 0 Å². The predicted molar refractivity (Wildman–Crippen MR) is 115 cm³/mol. The highest BCUT2D eigenvalue weighted by Crippen LogP contribution is 2.38. The first-order valence-electron chi connectivity index (χ1n) is 10.4. The summed E-state index contributed by atoms with van der Waals surface area (Å²) in [6.45, 7) is 7.54. The average molecular weight is 406 g/mol. The van der Waals surface area contributed by atoms with E-state index in [0.29, 0.717) is 25.8 Å². The van der Waals surface area contributed by atoms with Crippen LogP contribution in [-0.2, 0) is 16.1 Å². The zero-order valence-electron chi connectivity index (χ0n) is 17.5. The van der Waals surface area contributed by atoms with Gasteiger partial charge in [0.05, 0.1) is 13.2 Å². The monoisotopic (exact) mass is 405 g/mol. The first-order valence-corrected chi connectivity index (χ1v) is 10.4. The van der Waals surface area contributed by atoms with Gasteiger partial charge < -0.3 is 19.5 Å². The van der Waals surface area contributed by atoms with Gasteiger partial charge in [0, 0.05) is 43.3 Å². The highest BCUT2D eigenvalue weighted by atomic mass is 16.5. The van der Waals surface area contributed by atoms with E-state index in [2.05, 4.69) is 26.7 Å². The van der Waals surface area contributed by atoms with Crippen LogP contribution in [0.2, 0.25) is 0 Å². The van der Waals surface area contributed by atoms with E-state index in [1.807, 2.05) is 31.2 Å². The van der Waals surface area contributed by atoms with Gasteiger partial charge in [-0.05, 0) is 56.0 Å². The molecular formula is C23H27N5O2. The number of nitrogens with one attached hydrogen (secondary N) is 1. The van der Waals surface area contributed by atoms with Crippen LogP contribution in [0.15, 0.2) is 30.0 Å². The van der Waals surface area contributed by atoms with Gasteiger partial charge in [-0.25, -0.2) is 4.98 Å². The number of nitrogens with zero attached hydrogens (tertiary/aromatic N) is 4. The number of carbonyl (C=O) groups is 1. The molecule has 1 aliphatic heterocycles. The molecule has 156 valence electrons. The minimum absolute atomic E-state index is 0.115. The van der Waals surface area contributed by atoms with Crippen molar-refractivity contribution in [3.05, 3.63) is 52.5 Å². The van der Waals surface area contributed by atoms with E-state index in [1.165, 1.54) is 18.5 Å². The second-order valence-corrected chi connectivity index (χ2v) is 7.90. The molecule has 1 aliphatic carbocycles. The molecule has 1 saturated carbocycles. The van der Waals surface area contributed by atoms with Crippen LogP contribution >= 0.6 is 0 Å². The molecule has 3 heterocycles. The number of anilines is 1. The van der Waals surface area contributed by atoms with Gasteiger partial charge in [0.1, 0.15) is 17.5 Å². The number of amides is 1. The van der Waals surface area contributed by atoms with Gasteiger partial charge in [-0.3, -0.25) is 4.79 Å². The number of aromatic nitrogens is 2. The number of ether oxygens (including phenoxy) is 1. The molecular weight excluding hydrogens is 378 g/mol. The van der Waals surface area contributed by atoms with Gasteiger partial charge in [0.15, 0.2) is 0 Å². The third-order valence-electron chi connectivity index (χ3n) is 5.70. The van der Waals surface area contributed by atoms with Crippen molar-refractivity contribution in [1.29, 1.82) is 5.26 Å². The Bertz CT molecular complexity index is 990. The summed E-state index contributed by atoms with van der Waals surface area (Å²) >= 11 is 0. The highest BCUT2D eigenvalue weighted by molar-refractivity contribution is 6.01. The van der Waals surface area contributed by atoms with Crippen LogP contribution in [0, 0.1) is 25.2 Å². The second-order valence-electron chi connectivity index (χ2n) is 7.90. The zero-order valence-corrected chi connectivity index (χ0v) is 17.5. The Morgan fingerprint density at radius 3 is 2.73 bits per heavy atom. The van der Waals surface area contributed by atoms with E-state index in [0.717, 1.165) is 35.7 Å². The van der Waals surface area contributed by atoms with Crippen molar-refractivity contribution >= 4 is 17.8 Å². The number of pyridine rings is 1. The third-order valence-corrected chi connectivity index (χ3v) is 5.70. The Hall–Kier alpha value is -3.11. The maximum Gasteiger partial charge on any atom is 0.262 e. The molecule has 2 aromatic heterocycles. The molecule has 0 radical (unpaired) electrons. The molecule has 4 rings (SSSR count). The molecule has 0 aromatic carbocycles. The molecule has 7 heteroatoms. The zero-order chi connectivity index (χ0) is 21.1. The summed E-state index contributed by atoms with van der Waals surface area (Å²) in [5.41, 5.74) is 4.22. The Morgan fingerprint density at radius 1 is 1.33 bits per heavy atom. The van der Waals surface area contributed by atoms with E-state index >= 15 is 0 Å². The van der Waals surface area contributed by atoms with Crippen LogP contribution < -0.4 is 10.2 Å². The van der Waals surface area contributed by atoms with E-state index in [-0.39, 0.29) is 11.5 Å². The fourth-order valence-electron chi connectivity index (χ4n) is 3.93. The minimum Gasteiger partial charge on any atom is -0.378 e. The Morgan fingerprint density at radius 2 is 2.10 bits per heavy atom. The summed E-state index contributed by atoms with van der Waals surface area (Å²) in [7, 11) is 0. The van der Waals surface area contributed by atoms with E-state index in [1.54, 1.807) is 12.3 Å². The Labute approximate surface area is 177 Å². The standard InChI is InChI=1S/C23H27N5O2/c1-16-11-19(17(2)28(16)21-4-5-21)12-20(13-24)23(29)26-15-18-3-6-22(25-14-18)27-7-9-30-10-8-27/h3,6,11-12,14,21H,4-5,7-10,15H2,1-2H3,(H,26,29)/b20-12+. The summed E-state index contributed by atoms with van der Waals surface area (Å²) in [5, 5.41) is 12.3. The molecule has 1 amide bonds. The van der Waals surface area contributed by atoms with Gasteiger partial charge in [0.25, 0.3) is 5.91 Å². The maximum absolute atomic E-state index is 12.6. The normalized spacial score (nSPS) is 17.0. The molecule has 2 aliphatic rings. The van der Waals surface area contributed by atoms with Crippen molar-refractivity contribution in [3.8, 4) is 6.07 Å². The minimum atomic E-state index is -0.369. The van der Waals surface area contributed by atoms with Crippen molar-refractivity contribution in [3.63, 3.8) is 0 Å². The summed E-state index contributed by atoms with van der Waals surface area (Å²) in [4.78, 5) is 19.2. The van der Waals surface area contributed by atoms with Gasteiger partial charge in [-0.15, -0.1) is 0 Å². The quantitative estimate of drug-likeness (QED) is 0.590. The molecule has 0 unspecified atom stereocenters. The van der Waals surface area contributed by atoms with Crippen LogP contribution in [0.25, 0.3) is 6.08 Å². The van der Waals surface area contributed by atoms with Crippen LogP contribution in [-0.4, -0.2) is 41.8 Å². The maximum atomic E-state index is 12.6. The third kappa shape index (κ3) is 4.39. The number of morpholine rings is 1. The highest BCUT2D eigenvalue weighted by Gasteiger charge is 2.26. The summed E-state index contributed by atoms with van der Waals surface area (Å²) < 4.78 is 7.67.